The highest BCUT2D eigenvalue weighted by Crippen LogP contribution is 2.63. The number of aromatic nitrogens is 3. The van der Waals surface area contributed by atoms with Crippen molar-refractivity contribution in [2.45, 2.75) is 37.7 Å². The lowest BCUT2D eigenvalue weighted by atomic mass is 10.2. The lowest BCUT2D eigenvalue weighted by Crippen LogP contribution is -2.25. The molecule has 6 atom stereocenters. The molecule has 0 saturated carbocycles. The molecule has 0 bridgehead atoms. The van der Waals surface area contributed by atoms with Gasteiger partial charge < -0.3 is 30.8 Å². The van der Waals surface area contributed by atoms with E-state index in [9.17, 15) is 23.7 Å². The summed E-state index contributed by atoms with van der Waals surface area (Å²) in [5.74, 6) is 6.19. The Morgan fingerprint density at radius 2 is 2.06 bits per heavy atom. The van der Waals surface area contributed by atoms with E-state index in [4.69, 9.17) is 30.9 Å². The summed E-state index contributed by atoms with van der Waals surface area (Å²) in [7, 11) is -14.2. The molecule has 1 aliphatic heterocycles. The fourth-order valence-electron chi connectivity index (χ4n) is 3.21. The fourth-order valence-corrected chi connectivity index (χ4v) is 5.89. The van der Waals surface area contributed by atoms with Gasteiger partial charge in [0.15, 0.2) is 0 Å². The Morgan fingerprint density at radius 1 is 1.31 bits per heavy atom. The molecule has 20 heteroatoms. The number of nitrogens with zero attached hydrogens (tertiary/aromatic N) is 3. The monoisotopic (exact) mass is 570 g/mol. The van der Waals surface area contributed by atoms with Crippen LogP contribution in [-0.2, 0) is 36.3 Å². The van der Waals surface area contributed by atoms with E-state index in [0.29, 0.717) is 29.6 Å². The molecule has 3 unspecified atom stereocenters. The fraction of sp³-hybridized carbons (Fsp3) is 0.500. The van der Waals surface area contributed by atoms with Crippen LogP contribution in [0.15, 0.2) is 12.5 Å². The quantitative estimate of drug-likeness (QED) is 0.0727. The van der Waals surface area contributed by atoms with Crippen molar-refractivity contribution in [3.63, 3.8) is 0 Å². The topological polar surface area (TPSA) is 261 Å². The number of phosphoric acid groups is 2. The molecular formula is C16H23N5O12P3+. The van der Waals surface area contributed by atoms with Crippen molar-refractivity contribution < 1.29 is 56.4 Å². The number of aliphatic hydroxyl groups is 1. The van der Waals surface area contributed by atoms with Crippen molar-refractivity contribution in [1.82, 2.24) is 14.5 Å². The largest absolute Gasteiger partial charge is 0.708 e. The van der Waals surface area contributed by atoms with Gasteiger partial charge in [-0.05, 0) is 17.3 Å². The van der Waals surface area contributed by atoms with Crippen LogP contribution in [0.4, 0.5) is 5.82 Å². The molecule has 1 aliphatic rings. The second-order valence-corrected chi connectivity index (χ2v) is 11.3. The second kappa shape index (κ2) is 12.1. The number of nitrogen functional groups attached to an aromatic ring is 1. The Labute approximate surface area is 204 Å². The molecule has 1 saturated heterocycles. The number of nitrogens with two attached hydrogens (primary N) is 2. The SMILES string of the molecule is NCCCC#Cc1cn([C@H]2C[C@H](O)[C@@H](CO[P+](=O)OP(=O)(O)OP(=O)(O)OO)O2)c2ncnc(N)c12. The molecule has 3 rings (SSSR count). The average molecular weight is 570 g/mol. The normalized spacial score (nSPS) is 23.6. The van der Waals surface area contributed by atoms with Gasteiger partial charge in [-0.15, -0.1) is 9.20 Å². The molecule has 198 valence electrons. The van der Waals surface area contributed by atoms with Crippen LogP contribution in [0.2, 0.25) is 0 Å². The smallest absolute Gasteiger partial charge is 0.390 e. The predicted octanol–water partition coefficient (Wildman–Crippen LogP) is 1.15. The van der Waals surface area contributed by atoms with Gasteiger partial charge in [-0.25, -0.2) is 24.4 Å². The number of rotatable bonds is 11. The maximum atomic E-state index is 11.8. The Balaban J connectivity index is 1.68. The van der Waals surface area contributed by atoms with Gasteiger partial charge in [0.2, 0.25) is 0 Å². The van der Waals surface area contributed by atoms with Crippen molar-refractivity contribution in [3.8, 4) is 11.8 Å². The third-order valence-corrected chi connectivity index (χ3v) is 8.28. The third kappa shape index (κ3) is 7.34. The minimum atomic E-state index is -5.43. The maximum absolute atomic E-state index is 11.8. The van der Waals surface area contributed by atoms with Crippen LogP contribution < -0.4 is 11.5 Å². The molecule has 0 amide bonds. The molecule has 0 aliphatic carbocycles. The van der Waals surface area contributed by atoms with Crippen LogP contribution >= 0.6 is 23.9 Å². The molecule has 36 heavy (non-hydrogen) atoms. The van der Waals surface area contributed by atoms with Crippen LogP contribution in [0.1, 0.15) is 31.1 Å². The van der Waals surface area contributed by atoms with Crippen molar-refractivity contribution in [3.05, 3.63) is 18.1 Å². The van der Waals surface area contributed by atoms with Crippen LogP contribution in [0.3, 0.4) is 0 Å². The van der Waals surface area contributed by atoms with Crippen LogP contribution in [0.5, 0.6) is 0 Å². The Hall–Kier alpha value is -1.86. The van der Waals surface area contributed by atoms with Gasteiger partial charge in [0.25, 0.3) is 0 Å². The van der Waals surface area contributed by atoms with Gasteiger partial charge in [-0.2, -0.15) is 4.31 Å². The molecule has 0 spiro atoms. The summed E-state index contributed by atoms with van der Waals surface area (Å²) in [5, 5.41) is 19.0. The van der Waals surface area contributed by atoms with E-state index < -0.39 is 48.9 Å². The standard InChI is InChI=1S/C16H22N5O12P3/c17-5-3-1-2-4-10-7-21(16-14(10)15(18)19-9-20-16)13-6-11(22)12(30-13)8-29-34(24)32-36(27,28)33-35(25,26)31-23/h7,9,11-13,22H,1,3,5-6,8,17H2,(H4-,18,19,20,23,25,26,27,28)/p+1/t11-,12+,13+/m0/s1. The summed E-state index contributed by atoms with van der Waals surface area (Å²) in [6.45, 7) is -0.0695. The lowest BCUT2D eigenvalue weighted by molar-refractivity contribution is -0.157. The zero-order valence-corrected chi connectivity index (χ0v) is 21.0. The Morgan fingerprint density at radius 3 is 2.75 bits per heavy atom. The van der Waals surface area contributed by atoms with Gasteiger partial charge >= 0.3 is 23.9 Å². The summed E-state index contributed by atoms with van der Waals surface area (Å²) in [6.07, 6.45) is 1.31. The van der Waals surface area contributed by atoms with Gasteiger partial charge in [0.05, 0.1) is 17.1 Å². The molecule has 2 aromatic rings. The van der Waals surface area contributed by atoms with E-state index >= 15 is 0 Å². The van der Waals surface area contributed by atoms with Crippen molar-refractivity contribution in [1.29, 1.82) is 0 Å². The maximum Gasteiger partial charge on any atom is 0.708 e. The van der Waals surface area contributed by atoms with Crippen LogP contribution in [0, 0.1) is 11.8 Å². The first kappa shape index (κ1) is 28.7. The first-order valence-electron chi connectivity index (χ1n) is 10.1. The average Bonchev–Trinajstić information content (AvgIpc) is 3.35. The molecular weight excluding hydrogens is 547 g/mol. The zero-order chi connectivity index (χ0) is 26.5. The molecule has 2 aromatic heterocycles. The Bertz CT molecular complexity index is 1260. The molecule has 8 N–H and O–H groups in total. The highest BCUT2D eigenvalue weighted by atomic mass is 31.3. The number of unbranched alkanes of at least 4 members (excludes halogenated alkanes) is 1. The number of fused-ring (bicyclic) bond motifs is 1. The minimum absolute atomic E-state index is 0.0581. The first-order chi connectivity index (χ1) is 17.0. The molecule has 3 heterocycles. The van der Waals surface area contributed by atoms with Gasteiger partial charge in [0, 0.05) is 23.6 Å². The molecule has 1 fully saturated rings. The predicted molar refractivity (Wildman–Crippen MR) is 121 cm³/mol. The number of ether oxygens (including phenoxy) is 1. The minimum Gasteiger partial charge on any atom is -0.390 e. The van der Waals surface area contributed by atoms with Crippen LogP contribution in [-0.4, -0.2) is 60.0 Å². The number of hydrogen-bond acceptors (Lipinski definition) is 14. The highest BCUT2D eigenvalue weighted by molar-refractivity contribution is 7.64. The van der Waals surface area contributed by atoms with Crippen molar-refractivity contribution in [2.24, 2.45) is 5.73 Å². The highest BCUT2D eigenvalue weighted by Gasteiger charge is 2.46. The summed E-state index contributed by atoms with van der Waals surface area (Å²) >= 11 is 0. The van der Waals surface area contributed by atoms with E-state index in [-0.39, 0.29) is 12.2 Å². The van der Waals surface area contributed by atoms with E-state index in [1.165, 1.54) is 6.33 Å². The van der Waals surface area contributed by atoms with E-state index in [2.05, 4.69) is 35.1 Å². The van der Waals surface area contributed by atoms with E-state index in [1.807, 2.05) is 0 Å². The van der Waals surface area contributed by atoms with E-state index in [0.717, 1.165) is 6.42 Å². The summed E-state index contributed by atoms with van der Waals surface area (Å²) < 4.78 is 57.3. The van der Waals surface area contributed by atoms with Gasteiger partial charge in [-0.1, -0.05) is 11.8 Å². The van der Waals surface area contributed by atoms with E-state index in [1.54, 1.807) is 10.8 Å². The van der Waals surface area contributed by atoms with Gasteiger partial charge in [-0.3, -0.25) is 4.89 Å². The lowest BCUT2D eigenvalue weighted by Gasteiger charge is -2.14. The molecule has 0 radical (unpaired) electrons. The first-order valence-corrected chi connectivity index (χ1v) is 14.2. The summed E-state index contributed by atoms with van der Waals surface area (Å²) in [5.41, 5.74) is 12.4. The Kier molecular flexibility index (Phi) is 9.67. The summed E-state index contributed by atoms with van der Waals surface area (Å²) in [4.78, 5) is 26.4. The number of anilines is 1. The van der Waals surface area contributed by atoms with Crippen LogP contribution in [0.25, 0.3) is 11.0 Å². The van der Waals surface area contributed by atoms with Crippen molar-refractivity contribution >= 4 is 40.8 Å². The van der Waals surface area contributed by atoms with Gasteiger partial charge in [0.1, 0.15) is 36.7 Å². The molecule has 17 nitrogen and oxygen atoms in total. The summed E-state index contributed by atoms with van der Waals surface area (Å²) in [6, 6.07) is 0. The van der Waals surface area contributed by atoms with Crippen molar-refractivity contribution in [2.75, 3.05) is 18.9 Å². The number of aliphatic hydroxyl groups excluding tert-OH is 1. The zero-order valence-electron chi connectivity index (χ0n) is 18.3. The second-order valence-electron chi connectivity index (χ2n) is 7.24. The number of hydrogen-bond donors (Lipinski definition) is 6. The molecule has 0 aromatic carbocycles. The third-order valence-electron chi connectivity index (χ3n) is 4.71.